The van der Waals surface area contributed by atoms with Gasteiger partial charge < -0.3 is 0 Å². The number of rotatable bonds is 2. The van der Waals surface area contributed by atoms with Crippen molar-refractivity contribution < 1.29 is 0 Å². The first kappa shape index (κ1) is 31.3. The maximum absolute atomic E-state index is 8.22. The molecule has 0 aliphatic heterocycles. The molecule has 0 bridgehead atoms. The smallest absolute Gasteiger partial charge is 0.0652 e. The Morgan fingerprint density at radius 1 is 1.18 bits per heavy atom. The van der Waals surface area contributed by atoms with Gasteiger partial charge in [0, 0.05) is 5.92 Å². The Hall–Kier alpha value is -0.510. The van der Waals surface area contributed by atoms with Crippen LogP contribution in [0.3, 0.4) is 0 Å². The van der Waals surface area contributed by atoms with Crippen LogP contribution < -0.4 is 0 Å². The minimum absolute atomic E-state index is 0. The van der Waals surface area contributed by atoms with Gasteiger partial charge in [-0.15, -0.1) is 0 Å². The van der Waals surface area contributed by atoms with Crippen molar-refractivity contribution in [3.8, 4) is 6.07 Å². The second-order valence-corrected chi connectivity index (χ2v) is 1.82. The molecule has 0 aromatic rings. The first-order chi connectivity index (χ1) is 3.31. The summed E-state index contributed by atoms with van der Waals surface area (Å²) in [5.41, 5.74) is 0. The van der Waals surface area contributed by atoms with Gasteiger partial charge in [-0.3, -0.25) is 0 Å². The molecule has 11 heavy (non-hydrogen) atoms. The standard InChI is InChI=1S/C6H11N.4CH4/c1-3-4-6(2)5-7;;;;/h6H,3-4H2,1-2H3;4*1H4. The van der Waals surface area contributed by atoms with Crippen molar-refractivity contribution in [1.82, 2.24) is 0 Å². The fourth-order valence-electron chi connectivity index (χ4n) is 0.498. The van der Waals surface area contributed by atoms with Crippen LogP contribution in [0.5, 0.6) is 0 Å². The molecule has 0 aliphatic carbocycles. The molecule has 1 unspecified atom stereocenters. The zero-order valence-corrected chi connectivity index (χ0v) is 4.94. The van der Waals surface area contributed by atoms with Gasteiger partial charge in [0.15, 0.2) is 0 Å². The van der Waals surface area contributed by atoms with E-state index >= 15 is 0 Å². The van der Waals surface area contributed by atoms with Crippen LogP contribution in [0.4, 0.5) is 0 Å². The van der Waals surface area contributed by atoms with E-state index < -0.39 is 0 Å². The molecule has 0 radical (unpaired) electrons. The maximum Gasteiger partial charge on any atom is 0.0652 e. The molecule has 0 amide bonds. The number of hydrogen-bond acceptors (Lipinski definition) is 1. The van der Waals surface area contributed by atoms with E-state index in [1.807, 2.05) is 6.92 Å². The van der Waals surface area contributed by atoms with Crippen molar-refractivity contribution in [2.75, 3.05) is 0 Å². The van der Waals surface area contributed by atoms with Crippen molar-refractivity contribution in [1.29, 1.82) is 5.26 Å². The first-order valence-electron chi connectivity index (χ1n) is 2.70. The summed E-state index contributed by atoms with van der Waals surface area (Å²) in [4.78, 5) is 0. The van der Waals surface area contributed by atoms with Crippen LogP contribution >= 0.6 is 0 Å². The summed E-state index contributed by atoms with van der Waals surface area (Å²) in [5.74, 6) is 0.255. The molecule has 1 atom stereocenters. The van der Waals surface area contributed by atoms with Gasteiger partial charge in [0.1, 0.15) is 0 Å². The Kier molecular flexibility index (Phi) is 64.7. The molecule has 0 spiro atoms. The zero-order valence-electron chi connectivity index (χ0n) is 4.94. The Labute approximate surface area is 74.4 Å². The monoisotopic (exact) mass is 161 g/mol. The highest BCUT2D eigenvalue weighted by molar-refractivity contribution is 4.77. The van der Waals surface area contributed by atoms with Crippen LogP contribution in [-0.4, -0.2) is 0 Å². The highest BCUT2D eigenvalue weighted by atomic mass is 14.2. The van der Waals surface area contributed by atoms with E-state index in [0.29, 0.717) is 0 Å². The molecule has 1 nitrogen and oxygen atoms in total. The number of nitriles is 1. The summed E-state index contributed by atoms with van der Waals surface area (Å²) in [6.07, 6.45) is 2.16. The van der Waals surface area contributed by atoms with Gasteiger partial charge in [-0.1, -0.05) is 43.1 Å². The van der Waals surface area contributed by atoms with Gasteiger partial charge in [-0.25, -0.2) is 0 Å². The Bertz CT molecular complexity index is 71.4. The highest BCUT2D eigenvalue weighted by Gasteiger charge is 1.92. The lowest BCUT2D eigenvalue weighted by molar-refractivity contribution is 0.646. The SMILES string of the molecule is C.C.C.C.CCCC(C)C#N. The Morgan fingerprint density at radius 2 is 1.55 bits per heavy atom. The average molecular weight is 161 g/mol. The minimum Gasteiger partial charge on any atom is -0.198 e. The predicted molar refractivity (Wildman–Crippen MR) is 56.6 cm³/mol. The third-order valence-corrected chi connectivity index (χ3v) is 0.942. The van der Waals surface area contributed by atoms with E-state index in [-0.39, 0.29) is 35.6 Å². The van der Waals surface area contributed by atoms with Crippen molar-refractivity contribution >= 4 is 0 Å². The molecule has 1 heteroatoms. The molecule has 0 fully saturated rings. The van der Waals surface area contributed by atoms with Crippen LogP contribution in [0.2, 0.25) is 0 Å². The van der Waals surface area contributed by atoms with E-state index in [1.165, 1.54) is 0 Å². The predicted octanol–water partition coefficient (Wildman–Crippen LogP) is 4.49. The minimum atomic E-state index is 0. The third kappa shape index (κ3) is 26.4. The Balaban J connectivity index is -0.0000000300. The van der Waals surface area contributed by atoms with Crippen LogP contribution in [0, 0.1) is 17.2 Å². The van der Waals surface area contributed by atoms with Crippen LogP contribution in [0.1, 0.15) is 56.4 Å². The summed E-state index contributed by atoms with van der Waals surface area (Å²) in [6, 6.07) is 2.17. The lowest BCUT2D eigenvalue weighted by Gasteiger charge is -1.92. The molecule has 0 N–H and O–H groups in total. The van der Waals surface area contributed by atoms with Gasteiger partial charge in [0.25, 0.3) is 0 Å². The summed E-state index contributed by atoms with van der Waals surface area (Å²) in [7, 11) is 0. The molecule has 0 aliphatic rings. The van der Waals surface area contributed by atoms with Gasteiger partial charge >= 0.3 is 0 Å². The lowest BCUT2D eigenvalue weighted by atomic mass is 10.1. The zero-order chi connectivity index (χ0) is 5.70. The van der Waals surface area contributed by atoms with Crippen LogP contribution in [0.25, 0.3) is 0 Å². The van der Waals surface area contributed by atoms with Gasteiger partial charge in [0.2, 0.25) is 0 Å². The normalized spacial score (nSPS) is 8.09. The average Bonchev–Trinajstić information content (AvgIpc) is 1.68. The molecule has 0 heterocycles. The molecular formula is C10H27N. The molecule has 0 rings (SSSR count). The fraction of sp³-hybridized carbons (Fsp3) is 0.900. The van der Waals surface area contributed by atoms with Crippen LogP contribution in [-0.2, 0) is 0 Å². The summed E-state index contributed by atoms with van der Waals surface area (Å²) in [5, 5.41) is 8.22. The fourth-order valence-corrected chi connectivity index (χ4v) is 0.498. The van der Waals surface area contributed by atoms with Crippen molar-refractivity contribution in [2.24, 2.45) is 5.92 Å². The first-order valence-corrected chi connectivity index (χ1v) is 2.70. The summed E-state index contributed by atoms with van der Waals surface area (Å²) < 4.78 is 0. The molecule has 72 valence electrons. The highest BCUT2D eigenvalue weighted by Crippen LogP contribution is 2.00. The van der Waals surface area contributed by atoms with Crippen molar-refractivity contribution in [3.63, 3.8) is 0 Å². The largest absolute Gasteiger partial charge is 0.198 e. The summed E-state index contributed by atoms with van der Waals surface area (Å²) >= 11 is 0. The van der Waals surface area contributed by atoms with Gasteiger partial charge in [-0.05, 0) is 13.3 Å². The van der Waals surface area contributed by atoms with E-state index in [9.17, 15) is 0 Å². The third-order valence-electron chi connectivity index (χ3n) is 0.942. The van der Waals surface area contributed by atoms with Gasteiger partial charge in [-0.2, -0.15) is 5.26 Å². The van der Waals surface area contributed by atoms with E-state index in [4.69, 9.17) is 5.26 Å². The maximum atomic E-state index is 8.22. The summed E-state index contributed by atoms with van der Waals surface area (Å²) in [6.45, 7) is 4.04. The molecule has 0 saturated heterocycles. The lowest BCUT2D eigenvalue weighted by Crippen LogP contribution is -1.85. The Morgan fingerprint density at radius 3 is 1.64 bits per heavy atom. The van der Waals surface area contributed by atoms with Crippen molar-refractivity contribution in [3.05, 3.63) is 0 Å². The van der Waals surface area contributed by atoms with E-state index in [0.717, 1.165) is 12.8 Å². The molecule has 0 aromatic carbocycles. The second kappa shape index (κ2) is 22.7. The van der Waals surface area contributed by atoms with Crippen molar-refractivity contribution in [2.45, 2.75) is 56.4 Å². The quantitative estimate of drug-likeness (QED) is 0.585. The van der Waals surface area contributed by atoms with Gasteiger partial charge in [0.05, 0.1) is 6.07 Å². The van der Waals surface area contributed by atoms with Crippen LogP contribution in [0.15, 0.2) is 0 Å². The number of nitrogens with zero attached hydrogens (tertiary/aromatic N) is 1. The van der Waals surface area contributed by atoms with E-state index in [1.54, 1.807) is 0 Å². The second-order valence-electron chi connectivity index (χ2n) is 1.82. The number of hydrogen-bond donors (Lipinski definition) is 0. The molecule has 0 saturated carbocycles. The molecule has 0 aromatic heterocycles. The van der Waals surface area contributed by atoms with E-state index in [2.05, 4.69) is 13.0 Å². The topological polar surface area (TPSA) is 23.8 Å². The molecular weight excluding hydrogens is 134 g/mol.